The van der Waals surface area contributed by atoms with Crippen molar-refractivity contribution < 1.29 is 0 Å². The monoisotopic (exact) mass is 343 g/mol. The molecule has 0 unspecified atom stereocenters. The highest BCUT2D eigenvalue weighted by Crippen LogP contribution is 2.37. The molecule has 5 aromatic rings. The lowest BCUT2D eigenvalue weighted by Gasteiger charge is -2.12. The van der Waals surface area contributed by atoms with Gasteiger partial charge in [-0.15, -0.1) is 0 Å². The van der Waals surface area contributed by atoms with Crippen LogP contribution in [0.1, 0.15) is 5.56 Å². The molecule has 124 valence electrons. The van der Waals surface area contributed by atoms with E-state index in [0.717, 1.165) is 38.3 Å². The fourth-order valence-electron chi connectivity index (χ4n) is 3.85. The molecule has 27 heavy (non-hydrogen) atoms. The Morgan fingerprint density at radius 3 is 2.41 bits per heavy atom. The first-order valence-electron chi connectivity index (χ1n) is 8.65. The molecule has 0 aliphatic rings. The second kappa shape index (κ2) is 5.73. The number of nitrogens with zero attached hydrogens (tertiary/aromatic N) is 3. The van der Waals surface area contributed by atoms with Crippen LogP contribution in [0.3, 0.4) is 0 Å². The third-order valence-electron chi connectivity index (χ3n) is 5.03. The van der Waals surface area contributed by atoms with Crippen LogP contribution in [0.4, 0.5) is 5.69 Å². The van der Waals surface area contributed by atoms with Crippen LogP contribution in [0.2, 0.25) is 0 Å². The van der Waals surface area contributed by atoms with Gasteiger partial charge in [-0.05, 0) is 17.5 Å². The molecule has 0 fully saturated rings. The van der Waals surface area contributed by atoms with Crippen molar-refractivity contribution in [2.45, 2.75) is 0 Å². The first-order chi connectivity index (χ1) is 13.3. The van der Waals surface area contributed by atoms with Crippen molar-refractivity contribution in [2.24, 2.45) is 0 Å². The van der Waals surface area contributed by atoms with Gasteiger partial charge in [0.2, 0.25) is 0 Å². The summed E-state index contributed by atoms with van der Waals surface area (Å²) in [5.41, 5.74) is 3.91. The average Bonchev–Trinajstić information content (AvgIpc) is 3.08. The average molecular weight is 343 g/mol. The van der Waals surface area contributed by atoms with Crippen LogP contribution in [0, 0.1) is 17.9 Å². The van der Waals surface area contributed by atoms with E-state index in [-0.39, 0.29) is 0 Å². The molecule has 0 radical (unpaired) electrons. The summed E-state index contributed by atoms with van der Waals surface area (Å²) in [5.74, 6) is 0. The van der Waals surface area contributed by atoms with Crippen molar-refractivity contribution in [1.29, 1.82) is 5.26 Å². The standard InChI is InChI=1S/C24H13N3/c1-26-18-12-10-17(15-25)23(14-18)27-22-9-5-4-8-20(22)21-13-11-16-6-2-3-7-19(16)24(21)27/h2-14H. The summed E-state index contributed by atoms with van der Waals surface area (Å²) in [4.78, 5) is 3.57. The Kier molecular flexibility index (Phi) is 3.22. The van der Waals surface area contributed by atoms with Crippen molar-refractivity contribution in [2.75, 3.05) is 0 Å². The third-order valence-corrected chi connectivity index (χ3v) is 5.03. The van der Waals surface area contributed by atoms with E-state index in [1.807, 2.05) is 24.3 Å². The number of para-hydroxylation sites is 1. The zero-order valence-electron chi connectivity index (χ0n) is 14.3. The van der Waals surface area contributed by atoms with E-state index < -0.39 is 0 Å². The van der Waals surface area contributed by atoms with Crippen LogP contribution >= 0.6 is 0 Å². The number of nitriles is 1. The lowest BCUT2D eigenvalue weighted by atomic mass is 10.1. The summed E-state index contributed by atoms with van der Waals surface area (Å²) in [6.07, 6.45) is 0. The maximum absolute atomic E-state index is 9.70. The number of hydrogen-bond acceptors (Lipinski definition) is 1. The topological polar surface area (TPSA) is 33.1 Å². The lowest BCUT2D eigenvalue weighted by molar-refractivity contribution is 1.17. The van der Waals surface area contributed by atoms with Crippen LogP contribution in [-0.2, 0) is 0 Å². The SMILES string of the molecule is [C-]#[N+]c1ccc(C#N)c(-n2c3ccccc3c3ccc4ccccc4c32)c1. The predicted molar refractivity (Wildman–Crippen MR) is 109 cm³/mol. The summed E-state index contributed by atoms with van der Waals surface area (Å²) < 4.78 is 2.13. The van der Waals surface area contributed by atoms with Crippen LogP contribution in [0.5, 0.6) is 0 Å². The fourth-order valence-corrected chi connectivity index (χ4v) is 3.85. The van der Waals surface area contributed by atoms with Gasteiger partial charge in [-0.1, -0.05) is 66.7 Å². The van der Waals surface area contributed by atoms with Gasteiger partial charge >= 0.3 is 0 Å². The highest BCUT2D eigenvalue weighted by atomic mass is 15.0. The molecule has 1 aromatic heterocycles. The molecule has 0 saturated carbocycles. The smallest absolute Gasteiger partial charge is 0.189 e. The van der Waals surface area contributed by atoms with Gasteiger partial charge in [0.15, 0.2) is 5.69 Å². The van der Waals surface area contributed by atoms with E-state index >= 15 is 0 Å². The molecule has 0 amide bonds. The molecule has 0 spiro atoms. The van der Waals surface area contributed by atoms with Crippen molar-refractivity contribution >= 4 is 38.3 Å². The molecule has 0 N–H and O–H groups in total. The zero-order chi connectivity index (χ0) is 18.4. The summed E-state index contributed by atoms with van der Waals surface area (Å²) >= 11 is 0. The molecular formula is C24H13N3. The number of benzene rings is 4. The van der Waals surface area contributed by atoms with E-state index in [1.54, 1.807) is 18.2 Å². The van der Waals surface area contributed by atoms with Crippen LogP contribution in [0.25, 0.3) is 43.1 Å². The van der Waals surface area contributed by atoms with E-state index in [9.17, 15) is 5.26 Å². The van der Waals surface area contributed by atoms with Gasteiger partial charge in [0.1, 0.15) is 6.07 Å². The van der Waals surface area contributed by atoms with Crippen molar-refractivity contribution in [3.8, 4) is 11.8 Å². The Labute approximate surface area is 156 Å². The number of aromatic nitrogens is 1. The highest BCUT2D eigenvalue weighted by molar-refractivity contribution is 6.18. The van der Waals surface area contributed by atoms with E-state index in [1.165, 1.54) is 0 Å². The third kappa shape index (κ3) is 2.13. The first kappa shape index (κ1) is 15.2. The first-order valence-corrected chi connectivity index (χ1v) is 8.65. The van der Waals surface area contributed by atoms with Gasteiger partial charge in [0, 0.05) is 16.2 Å². The molecule has 4 aromatic carbocycles. The summed E-state index contributed by atoms with van der Waals surface area (Å²) in [6, 6.07) is 28.3. The minimum atomic E-state index is 0.523. The number of hydrogen-bond donors (Lipinski definition) is 0. The van der Waals surface area contributed by atoms with E-state index in [2.05, 4.69) is 51.9 Å². The molecule has 0 bridgehead atoms. The van der Waals surface area contributed by atoms with Gasteiger partial charge in [0.25, 0.3) is 0 Å². The quantitative estimate of drug-likeness (QED) is 0.326. The Balaban J connectivity index is 2.08. The number of fused-ring (bicyclic) bond motifs is 5. The molecule has 5 rings (SSSR count). The molecule has 0 atom stereocenters. The molecule has 1 heterocycles. The second-order valence-corrected chi connectivity index (χ2v) is 6.46. The molecule has 3 heteroatoms. The van der Waals surface area contributed by atoms with Gasteiger partial charge in [-0.2, -0.15) is 5.26 Å². The van der Waals surface area contributed by atoms with Crippen LogP contribution in [0.15, 0.2) is 78.9 Å². The Hall–Kier alpha value is -4.08. The normalized spacial score (nSPS) is 10.9. The molecular weight excluding hydrogens is 330 g/mol. The van der Waals surface area contributed by atoms with E-state index in [0.29, 0.717) is 11.3 Å². The maximum Gasteiger partial charge on any atom is 0.189 e. The second-order valence-electron chi connectivity index (χ2n) is 6.46. The van der Waals surface area contributed by atoms with Crippen LogP contribution in [-0.4, -0.2) is 4.57 Å². The van der Waals surface area contributed by atoms with Gasteiger partial charge in [-0.25, -0.2) is 4.85 Å². The van der Waals surface area contributed by atoms with Crippen molar-refractivity contribution in [3.05, 3.63) is 95.8 Å². The van der Waals surface area contributed by atoms with Crippen LogP contribution < -0.4 is 0 Å². The predicted octanol–water partition coefficient (Wildman–Crippen LogP) is 6.36. The lowest BCUT2D eigenvalue weighted by Crippen LogP contribution is -1.97. The van der Waals surface area contributed by atoms with Gasteiger partial charge in [0.05, 0.1) is 28.9 Å². The minimum Gasteiger partial charge on any atom is -0.309 e. The van der Waals surface area contributed by atoms with Gasteiger partial charge < -0.3 is 4.57 Å². The summed E-state index contributed by atoms with van der Waals surface area (Å²) in [7, 11) is 0. The molecule has 0 aliphatic carbocycles. The Morgan fingerprint density at radius 1 is 0.815 bits per heavy atom. The van der Waals surface area contributed by atoms with Crippen molar-refractivity contribution in [3.63, 3.8) is 0 Å². The largest absolute Gasteiger partial charge is 0.309 e. The molecule has 0 aliphatic heterocycles. The number of rotatable bonds is 1. The molecule has 0 saturated heterocycles. The van der Waals surface area contributed by atoms with E-state index in [4.69, 9.17) is 6.57 Å². The fraction of sp³-hybridized carbons (Fsp3) is 0. The summed E-state index contributed by atoms with van der Waals surface area (Å²) in [6.45, 7) is 7.38. The summed E-state index contributed by atoms with van der Waals surface area (Å²) in [5, 5.41) is 14.2. The molecule has 3 nitrogen and oxygen atoms in total. The van der Waals surface area contributed by atoms with Gasteiger partial charge in [-0.3, -0.25) is 0 Å². The van der Waals surface area contributed by atoms with Crippen molar-refractivity contribution in [1.82, 2.24) is 4.57 Å². The minimum absolute atomic E-state index is 0.523. The Morgan fingerprint density at radius 2 is 1.59 bits per heavy atom. The highest BCUT2D eigenvalue weighted by Gasteiger charge is 2.17. The Bertz CT molecular complexity index is 1440. The maximum atomic E-state index is 9.70. The zero-order valence-corrected chi connectivity index (χ0v) is 14.3.